The number of amides is 3. The molecule has 0 aliphatic carbocycles. The van der Waals surface area contributed by atoms with Gasteiger partial charge in [0, 0.05) is 43.1 Å². The minimum atomic E-state index is -0.904. The van der Waals surface area contributed by atoms with Gasteiger partial charge in [-0.3, -0.25) is 25.2 Å². The highest BCUT2D eigenvalue weighted by Gasteiger charge is 2.26. The van der Waals surface area contributed by atoms with Crippen molar-refractivity contribution in [1.82, 2.24) is 20.7 Å². The minimum Gasteiger partial charge on any atom is -0.382 e. The highest BCUT2D eigenvalue weighted by Crippen LogP contribution is 2.30. The molecule has 2 aromatic rings. The van der Waals surface area contributed by atoms with Crippen molar-refractivity contribution in [2.45, 2.75) is 18.8 Å². The molecular weight excluding hydrogens is 498 g/mol. The third-order valence-electron chi connectivity index (χ3n) is 5.40. The van der Waals surface area contributed by atoms with E-state index in [2.05, 4.69) is 15.8 Å². The first-order valence-corrected chi connectivity index (χ1v) is 12.2. The van der Waals surface area contributed by atoms with Crippen molar-refractivity contribution in [3.63, 3.8) is 0 Å². The van der Waals surface area contributed by atoms with Gasteiger partial charge >= 0.3 is 0 Å². The lowest BCUT2D eigenvalue weighted by molar-refractivity contribution is -0.137. The number of carbonyl (C=O) groups is 3. The van der Waals surface area contributed by atoms with E-state index in [-0.39, 0.29) is 29.7 Å². The monoisotopic (exact) mass is 526 g/mol. The highest BCUT2D eigenvalue weighted by atomic mass is 32.1. The Morgan fingerprint density at radius 1 is 1.00 bits per heavy atom. The first-order chi connectivity index (χ1) is 17.4. The largest absolute Gasteiger partial charge is 0.382 e. The van der Waals surface area contributed by atoms with E-state index in [1.54, 1.807) is 17.4 Å². The zero-order valence-electron chi connectivity index (χ0n) is 19.8. The van der Waals surface area contributed by atoms with Gasteiger partial charge in [0.2, 0.25) is 5.91 Å². The van der Waals surface area contributed by atoms with Gasteiger partial charge in [0.25, 0.3) is 11.8 Å². The van der Waals surface area contributed by atoms with E-state index in [9.17, 15) is 23.2 Å². The number of thiazole rings is 1. The molecule has 1 saturated heterocycles. The zero-order valence-corrected chi connectivity index (χ0v) is 20.6. The van der Waals surface area contributed by atoms with Crippen LogP contribution in [-0.2, 0) is 19.0 Å². The number of hydrazine groups is 1. The Balaban J connectivity index is 1.39. The van der Waals surface area contributed by atoms with Gasteiger partial charge in [-0.05, 0) is 25.0 Å². The quantitative estimate of drug-likeness (QED) is 0.339. The number of nitrogens with one attached hydrogen (secondary N) is 2. The van der Waals surface area contributed by atoms with Crippen molar-refractivity contribution in [2.75, 3.05) is 53.2 Å². The predicted molar refractivity (Wildman–Crippen MR) is 125 cm³/mol. The third kappa shape index (κ3) is 8.29. The number of aromatic nitrogens is 1. The van der Waals surface area contributed by atoms with Gasteiger partial charge < -0.3 is 19.1 Å². The van der Waals surface area contributed by atoms with E-state index in [1.165, 1.54) is 11.3 Å². The molecule has 10 nitrogen and oxygen atoms in total. The molecule has 1 fully saturated rings. The summed E-state index contributed by atoms with van der Waals surface area (Å²) < 4.78 is 42.1. The Bertz CT molecular complexity index is 1030. The molecule has 0 unspecified atom stereocenters. The first kappa shape index (κ1) is 27.6. The molecule has 0 spiro atoms. The molecule has 3 amide bonds. The maximum absolute atomic E-state index is 13.3. The van der Waals surface area contributed by atoms with E-state index in [4.69, 9.17) is 14.2 Å². The normalized spacial score (nSPS) is 14.0. The lowest BCUT2D eigenvalue weighted by Gasteiger charge is -2.31. The molecule has 1 aromatic carbocycles. The Hall–Kier alpha value is -3.00. The van der Waals surface area contributed by atoms with Gasteiger partial charge in [-0.25, -0.2) is 13.8 Å². The van der Waals surface area contributed by atoms with E-state index in [1.807, 2.05) is 0 Å². The van der Waals surface area contributed by atoms with Crippen LogP contribution in [-0.4, -0.2) is 80.8 Å². The number of rotatable bonds is 11. The molecule has 36 heavy (non-hydrogen) atoms. The molecule has 3 rings (SSSR count). The molecular formula is C23H28F2N4O6S. The van der Waals surface area contributed by atoms with Crippen LogP contribution in [0, 0.1) is 11.6 Å². The molecule has 1 aliphatic heterocycles. The number of methoxy groups -OCH3 is 1. The average molecular weight is 527 g/mol. The van der Waals surface area contributed by atoms with Crippen LogP contribution in [0.5, 0.6) is 0 Å². The standard InChI is InChI=1S/C23H28F2N4O6S/c1-33-6-7-34-8-9-35-13-20(30)29-4-2-15(3-5-29)23-26-19(14-36-23)22(32)28-27-21(31)16-10-17(24)12-18(25)11-16/h10-12,14-15H,2-9,13H2,1H3,(H,27,31)(H,28,32). The fourth-order valence-corrected chi connectivity index (χ4v) is 4.47. The predicted octanol–water partition coefficient (Wildman–Crippen LogP) is 1.88. The summed E-state index contributed by atoms with van der Waals surface area (Å²) in [6.45, 7) is 2.81. The van der Waals surface area contributed by atoms with E-state index >= 15 is 0 Å². The van der Waals surface area contributed by atoms with Gasteiger partial charge in [0.05, 0.1) is 31.4 Å². The van der Waals surface area contributed by atoms with Crippen LogP contribution in [0.25, 0.3) is 0 Å². The lowest BCUT2D eigenvalue weighted by atomic mass is 9.97. The van der Waals surface area contributed by atoms with Crippen LogP contribution in [0.1, 0.15) is 44.6 Å². The SMILES string of the molecule is COCCOCCOCC(=O)N1CCC(c2nc(C(=O)NNC(=O)c3cc(F)cc(F)c3)cs2)CC1. The molecule has 196 valence electrons. The van der Waals surface area contributed by atoms with Crippen molar-refractivity contribution in [3.05, 3.63) is 51.5 Å². The van der Waals surface area contributed by atoms with Crippen LogP contribution in [0.2, 0.25) is 0 Å². The smallest absolute Gasteiger partial charge is 0.289 e. The fraction of sp³-hybridized carbons (Fsp3) is 0.478. The fourth-order valence-electron chi connectivity index (χ4n) is 3.50. The average Bonchev–Trinajstić information content (AvgIpc) is 3.36. The molecule has 0 radical (unpaired) electrons. The molecule has 0 saturated carbocycles. The Kier molecular flexibility index (Phi) is 10.7. The van der Waals surface area contributed by atoms with Gasteiger partial charge in [-0.1, -0.05) is 0 Å². The van der Waals surface area contributed by atoms with Crippen LogP contribution in [0.3, 0.4) is 0 Å². The van der Waals surface area contributed by atoms with Crippen LogP contribution in [0.15, 0.2) is 23.6 Å². The van der Waals surface area contributed by atoms with Crippen molar-refractivity contribution in [2.24, 2.45) is 0 Å². The topological polar surface area (TPSA) is 119 Å². The lowest BCUT2D eigenvalue weighted by Crippen LogP contribution is -2.42. The Morgan fingerprint density at radius 3 is 2.33 bits per heavy atom. The molecule has 1 aromatic heterocycles. The third-order valence-corrected chi connectivity index (χ3v) is 6.40. The molecule has 0 atom stereocenters. The van der Waals surface area contributed by atoms with Crippen molar-refractivity contribution in [1.29, 1.82) is 0 Å². The van der Waals surface area contributed by atoms with Crippen LogP contribution < -0.4 is 10.9 Å². The summed E-state index contributed by atoms with van der Waals surface area (Å²) in [5.74, 6) is -3.31. The maximum Gasteiger partial charge on any atom is 0.289 e. The summed E-state index contributed by atoms with van der Waals surface area (Å²) in [6.07, 6.45) is 1.39. The second kappa shape index (κ2) is 13.9. The van der Waals surface area contributed by atoms with Gasteiger partial charge in [-0.2, -0.15) is 0 Å². The number of benzene rings is 1. The number of hydrogen-bond donors (Lipinski definition) is 2. The number of carbonyl (C=O) groups excluding carboxylic acids is 3. The number of likely N-dealkylation sites (tertiary alicyclic amines) is 1. The molecule has 2 N–H and O–H groups in total. The number of ether oxygens (including phenoxy) is 3. The summed E-state index contributed by atoms with van der Waals surface area (Å²) in [5, 5.41) is 2.33. The van der Waals surface area contributed by atoms with Crippen molar-refractivity contribution in [3.8, 4) is 0 Å². The van der Waals surface area contributed by atoms with Crippen LogP contribution in [0.4, 0.5) is 8.78 Å². The second-order valence-electron chi connectivity index (χ2n) is 7.95. The van der Waals surface area contributed by atoms with Gasteiger partial charge in [0.1, 0.15) is 23.9 Å². The summed E-state index contributed by atoms with van der Waals surface area (Å²) in [4.78, 5) is 42.8. The van der Waals surface area contributed by atoms with Crippen molar-refractivity contribution >= 4 is 29.1 Å². The van der Waals surface area contributed by atoms with Crippen molar-refractivity contribution < 1.29 is 37.4 Å². The van der Waals surface area contributed by atoms with Crippen LogP contribution >= 0.6 is 11.3 Å². The Labute approximate surface area is 210 Å². The number of piperidine rings is 1. The second-order valence-corrected chi connectivity index (χ2v) is 8.84. The zero-order chi connectivity index (χ0) is 25.9. The van der Waals surface area contributed by atoms with Gasteiger partial charge in [-0.15, -0.1) is 11.3 Å². The first-order valence-electron chi connectivity index (χ1n) is 11.3. The summed E-state index contributed by atoms with van der Waals surface area (Å²) in [7, 11) is 1.59. The highest BCUT2D eigenvalue weighted by molar-refractivity contribution is 7.09. The summed E-state index contributed by atoms with van der Waals surface area (Å²) in [5.41, 5.74) is 4.15. The number of halogens is 2. The van der Waals surface area contributed by atoms with Gasteiger partial charge in [0.15, 0.2) is 0 Å². The maximum atomic E-state index is 13.3. The van der Waals surface area contributed by atoms with E-state index in [0.717, 1.165) is 17.1 Å². The van der Waals surface area contributed by atoms with E-state index in [0.29, 0.717) is 58.4 Å². The molecule has 13 heteroatoms. The van der Waals surface area contributed by atoms with E-state index < -0.39 is 23.4 Å². The number of nitrogens with zero attached hydrogens (tertiary/aromatic N) is 2. The summed E-state index contributed by atoms with van der Waals surface area (Å²) in [6, 6.07) is 2.35. The molecule has 2 heterocycles. The molecule has 0 bridgehead atoms. The summed E-state index contributed by atoms with van der Waals surface area (Å²) >= 11 is 1.32. The Morgan fingerprint density at radius 2 is 1.64 bits per heavy atom. The minimum absolute atomic E-state index is 0.00609. The number of hydrogen-bond acceptors (Lipinski definition) is 8. The molecule has 1 aliphatic rings.